The largest absolute Gasteiger partial charge is 0.471 e. The van der Waals surface area contributed by atoms with E-state index < -0.39 is 18.1 Å². The summed E-state index contributed by atoms with van der Waals surface area (Å²) in [6.07, 6.45) is -2.34. The number of rotatable bonds is 1. The smallest absolute Gasteiger partial charge is 0.332 e. The van der Waals surface area contributed by atoms with Gasteiger partial charge >= 0.3 is 12.1 Å². The summed E-state index contributed by atoms with van der Waals surface area (Å²) in [6, 6.07) is 5.35. The zero-order valence-electron chi connectivity index (χ0n) is 13.8. The summed E-state index contributed by atoms with van der Waals surface area (Å²) in [5.41, 5.74) is 3.79. The van der Waals surface area contributed by atoms with Crippen molar-refractivity contribution in [1.29, 1.82) is 0 Å². The van der Waals surface area contributed by atoms with Gasteiger partial charge < -0.3 is 4.90 Å². The van der Waals surface area contributed by atoms with E-state index in [9.17, 15) is 18.0 Å². The monoisotopic (exact) mass is 415 g/mol. The molecule has 2 aromatic rings. The van der Waals surface area contributed by atoms with Crippen molar-refractivity contribution in [2.45, 2.75) is 32.0 Å². The number of carbonyl (C=O) groups is 1. The Kier molecular flexibility index (Phi) is 4.66. The van der Waals surface area contributed by atoms with E-state index in [1.54, 1.807) is 17.8 Å². The number of hydrogen-bond acceptors (Lipinski definition) is 2. The van der Waals surface area contributed by atoms with Crippen molar-refractivity contribution in [2.75, 3.05) is 6.54 Å². The van der Waals surface area contributed by atoms with E-state index in [0.29, 0.717) is 12.8 Å². The maximum Gasteiger partial charge on any atom is 0.471 e. The molecule has 1 aromatic carbocycles. The number of carbonyl (C=O) groups excluding carboxylic acids is 1. The van der Waals surface area contributed by atoms with E-state index in [4.69, 9.17) is 0 Å². The molecule has 1 amide bonds. The van der Waals surface area contributed by atoms with Crippen molar-refractivity contribution in [3.05, 3.63) is 40.0 Å². The molecule has 0 radical (unpaired) electrons. The van der Waals surface area contributed by atoms with Crippen LogP contribution in [0.15, 0.2) is 28.9 Å². The molecule has 0 aliphatic carbocycles. The van der Waals surface area contributed by atoms with Gasteiger partial charge in [-0.25, -0.2) is 0 Å². The van der Waals surface area contributed by atoms with E-state index in [0.717, 1.165) is 31.8 Å². The lowest BCUT2D eigenvalue weighted by molar-refractivity contribution is -0.187. The predicted octanol–water partition coefficient (Wildman–Crippen LogP) is 3.73. The van der Waals surface area contributed by atoms with Crippen LogP contribution in [0.1, 0.15) is 18.1 Å². The molecule has 1 atom stereocenters. The minimum Gasteiger partial charge on any atom is -0.332 e. The molecule has 25 heavy (non-hydrogen) atoms. The minimum absolute atomic E-state index is 0.0581. The zero-order valence-corrected chi connectivity index (χ0v) is 15.4. The first-order chi connectivity index (χ1) is 11.7. The average Bonchev–Trinajstić information content (AvgIpc) is 2.77. The van der Waals surface area contributed by atoms with Gasteiger partial charge in [-0.1, -0.05) is 12.1 Å². The van der Waals surface area contributed by atoms with Crippen molar-refractivity contribution in [2.24, 2.45) is 7.05 Å². The zero-order chi connectivity index (χ0) is 18.4. The van der Waals surface area contributed by atoms with Gasteiger partial charge in [-0.15, -0.1) is 0 Å². The second-order valence-corrected chi connectivity index (χ2v) is 7.10. The first kappa shape index (κ1) is 18.0. The first-order valence-electron chi connectivity index (χ1n) is 7.86. The normalized spacial score (nSPS) is 18.0. The van der Waals surface area contributed by atoms with E-state index >= 15 is 0 Å². The Morgan fingerprint density at radius 1 is 1.32 bits per heavy atom. The molecule has 3 rings (SSSR count). The molecule has 0 N–H and O–H groups in total. The van der Waals surface area contributed by atoms with Gasteiger partial charge in [-0.05, 0) is 52.9 Å². The van der Waals surface area contributed by atoms with Crippen LogP contribution in [-0.4, -0.2) is 39.4 Å². The number of benzene rings is 1. The lowest BCUT2D eigenvalue weighted by Crippen LogP contribution is -2.46. The summed E-state index contributed by atoms with van der Waals surface area (Å²) in [5, 5.41) is 4.19. The summed E-state index contributed by atoms with van der Waals surface area (Å²) in [4.78, 5) is 12.6. The number of fused-ring (bicyclic) bond motifs is 1. The fourth-order valence-corrected chi connectivity index (χ4v) is 3.87. The predicted molar refractivity (Wildman–Crippen MR) is 91.0 cm³/mol. The quantitative estimate of drug-likeness (QED) is 0.711. The van der Waals surface area contributed by atoms with Gasteiger partial charge in [0.15, 0.2) is 0 Å². The van der Waals surface area contributed by atoms with Crippen LogP contribution in [0, 0.1) is 0 Å². The molecule has 0 fully saturated rings. The third-order valence-electron chi connectivity index (χ3n) is 4.55. The summed E-state index contributed by atoms with van der Waals surface area (Å²) in [7, 11) is 1.83. The number of amides is 1. The first-order valence-corrected chi connectivity index (χ1v) is 8.65. The highest BCUT2D eigenvalue weighted by atomic mass is 79.9. The summed E-state index contributed by atoms with van der Waals surface area (Å²) >= 11 is 3.46. The second-order valence-electron chi connectivity index (χ2n) is 6.25. The molecule has 1 unspecified atom stereocenters. The van der Waals surface area contributed by atoms with Crippen LogP contribution in [0.3, 0.4) is 0 Å². The van der Waals surface area contributed by atoms with Crippen LogP contribution in [0.25, 0.3) is 11.3 Å². The Balaban J connectivity index is 1.92. The van der Waals surface area contributed by atoms with Crippen LogP contribution in [0.5, 0.6) is 0 Å². The van der Waals surface area contributed by atoms with Gasteiger partial charge in [0.1, 0.15) is 0 Å². The fourth-order valence-electron chi connectivity index (χ4n) is 3.29. The number of halogens is 4. The summed E-state index contributed by atoms with van der Waals surface area (Å²) < 4.78 is 41.0. The van der Waals surface area contributed by atoms with E-state index in [2.05, 4.69) is 21.0 Å². The third kappa shape index (κ3) is 3.44. The Morgan fingerprint density at radius 2 is 2.04 bits per heavy atom. The van der Waals surface area contributed by atoms with Crippen LogP contribution in [-0.2, 0) is 24.7 Å². The summed E-state index contributed by atoms with van der Waals surface area (Å²) in [5.74, 6) is -1.76. The Bertz CT molecular complexity index is 796. The Morgan fingerprint density at radius 3 is 2.64 bits per heavy atom. The standard InChI is InChI=1S/C17H17BrF3N3O/c1-10-7-11-3-4-13(15-14(18)9-22-23(15)2)8-12(11)5-6-24(10)16(25)17(19,20)21/h3-4,8-10H,5-7H2,1-2H3. The molecule has 0 spiro atoms. The highest BCUT2D eigenvalue weighted by molar-refractivity contribution is 9.10. The maximum atomic E-state index is 12.8. The molecular formula is C17H17BrF3N3O. The van der Waals surface area contributed by atoms with Gasteiger partial charge in [-0.2, -0.15) is 18.3 Å². The highest BCUT2D eigenvalue weighted by Gasteiger charge is 2.44. The average molecular weight is 416 g/mol. The van der Waals surface area contributed by atoms with Gasteiger partial charge in [0.2, 0.25) is 0 Å². The van der Waals surface area contributed by atoms with Gasteiger partial charge in [0, 0.05) is 25.2 Å². The van der Waals surface area contributed by atoms with Gasteiger partial charge in [0.05, 0.1) is 16.4 Å². The van der Waals surface area contributed by atoms with E-state index in [-0.39, 0.29) is 6.54 Å². The molecule has 4 nitrogen and oxygen atoms in total. The molecule has 0 bridgehead atoms. The van der Waals surface area contributed by atoms with E-state index in [1.807, 2.05) is 25.2 Å². The van der Waals surface area contributed by atoms with Crippen molar-refractivity contribution in [1.82, 2.24) is 14.7 Å². The molecule has 1 aromatic heterocycles. The molecule has 8 heteroatoms. The van der Waals surface area contributed by atoms with E-state index in [1.165, 1.54) is 0 Å². The third-order valence-corrected chi connectivity index (χ3v) is 5.13. The topological polar surface area (TPSA) is 38.1 Å². The molecule has 0 saturated heterocycles. The lowest BCUT2D eigenvalue weighted by atomic mass is 9.97. The van der Waals surface area contributed by atoms with Crippen LogP contribution >= 0.6 is 15.9 Å². The second kappa shape index (κ2) is 6.48. The SMILES string of the molecule is CC1Cc2ccc(-c3c(Br)cnn3C)cc2CCN1C(=O)C(F)(F)F. The maximum absolute atomic E-state index is 12.8. The number of aryl methyl sites for hydroxylation is 1. The highest BCUT2D eigenvalue weighted by Crippen LogP contribution is 2.31. The van der Waals surface area contributed by atoms with Gasteiger partial charge in [0.25, 0.3) is 0 Å². The van der Waals surface area contributed by atoms with Crippen molar-refractivity contribution >= 4 is 21.8 Å². The van der Waals surface area contributed by atoms with Crippen molar-refractivity contribution in [3.63, 3.8) is 0 Å². The summed E-state index contributed by atoms with van der Waals surface area (Å²) in [6.45, 7) is 1.72. The molecule has 0 saturated carbocycles. The molecule has 1 aliphatic rings. The Labute approximate surface area is 151 Å². The van der Waals surface area contributed by atoms with Crippen molar-refractivity contribution in [3.8, 4) is 11.3 Å². The molecule has 2 heterocycles. The number of aromatic nitrogens is 2. The van der Waals surface area contributed by atoms with Gasteiger partial charge in [-0.3, -0.25) is 9.48 Å². The minimum atomic E-state index is -4.84. The molecular weight excluding hydrogens is 399 g/mol. The van der Waals surface area contributed by atoms with Crippen LogP contribution < -0.4 is 0 Å². The molecule has 134 valence electrons. The molecule has 1 aliphatic heterocycles. The van der Waals surface area contributed by atoms with Crippen molar-refractivity contribution < 1.29 is 18.0 Å². The number of nitrogens with zero attached hydrogens (tertiary/aromatic N) is 3. The van der Waals surface area contributed by atoms with Crippen LogP contribution in [0.2, 0.25) is 0 Å². The number of hydrogen-bond donors (Lipinski definition) is 0. The van der Waals surface area contributed by atoms with Crippen LogP contribution in [0.4, 0.5) is 13.2 Å². The fraction of sp³-hybridized carbons (Fsp3) is 0.412. The number of alkyl halides is 3. The Hall–Kier alpha value is -1.83. The lowest BCUT2D eigenvalue weighted by Gasteiger charge is -2.27.